The summed E-state index contributed by atoms with van der Waals surface area (Å²) in [6.07, 6.45) is 8.91. The van der Waals surface area contributed by atoms with E-state index in [0.29, 0.717) is 6.54 Å². The fourth-order valence-corrected chi connectivity index (χ4v) is 2.76. The molecule has 0 atom stereocenters. The molecule has 0 aliphatic rings. The molecule has 2 aromatic heterocycles. The molecule has 116 valence electrons. The lowest BCUT2D eigenvalue weighted by Crippen LogP contribution is -2.20. The van der Waals surface area contributed by atoms with Gasteiger partial charge in [-0.25, -0.2) is 4.98 Å². The number of hydrogen-bond donors (Lipinski definition) is 1. The van der Waals surface area contributed by atoms with E-state index in [0.717, 1.165) is 17.0 Å². The molecule has 0 bridgehead atoms. The first-order valence-corrected chi connectivity index (χ1v) is 8.20. The van der Waals surface area contributed by atoms with Crippen LogP contribution in [0.2, 0.25) is 0 Å². The minimum atomic E-state index is -0.0825. The van der Waals surface area contributed by atoms with Crippen LogP contribution in [-0.2, 0) is 17.9 Å². The Labute approximate surface area is 139 Å². The maximum atomic E-state index is 11.8. The highest BCUT2D eigenvalue weighted by atomic mass is 32.1. The van der Waals surface area contributed by atoms with Gasteiger partial charge < -0.3 is 9.88 Å². The Balaban J connectivity index is 1.49. The van der Waals surface area contributed by atoms with Crippen LogP contribution >= 0.6 is 11.3 Å². The average Bonchev–Trinajstić information content (AvgIpc) is 3.26. The van der Waals surface area contributed by atoms with Gasteiger partial charge in [-0.2, -0.15) is 0 Å². The first-order valence-electron chi connectivity index (χ1n) is 7.32. The molecule has 0 aliphatic carbocycles. The number of thiophene rings is 1. The molecule has 0 saturated carbocycles. The molecule has 1 amide bonds. The Morgan fingerprint density at radius 3 is 2.74 bits per heavy atom. The van der Waals surface area contributed by atoms with Crippen LogP contribution in [0.3, 0.4) is 0 Å². The summed E-state index contributed by atoms with van der Waals surface area (Å²) >= 11 is 1.61. The number of nitrogens with one attached hydrogen (secondary N) is 1. The van der Waals surface area contributed by atoms with Crippen molar-refractivity contribution in [2.75, 3.05) is 0 Å². The quantitative estimate of drug-likeness (QED) is 0.707. The predicted molar refractivity (Wildman–Crippen MR) is 93.0 cm³/mol. The van der Waals surface area contributed by atoms with Gasteiger partial charge in [0, 0.05) is 36.4 Å². The highest BCUT2D eigenvalue weighted by molar-refractivity contribution is 7.10. The van der Waals surface area contributed by atoms with Gasteiger partial charge in [0.25, 0.3) is 0 Å². The number of amides is 1. The van der Waals surface area contributed by atoms with Gasteiger partial charge in [-0.1, -0.05) is 30.3 Å². The number of hydrogen-bond acceptors (Lipinski definition) is 3. The van der Waals surface area contributed by atoms with Crippen molar-refractivity contribution in [3.63, 3.8) is 0 Å². The van der Waals surface area contributed by atoms with Crippen LogP contribution in [0, 0.1) is 0 Å². The van der Waals surface area contributed by atoms with E-state index >= 15 is 0 Å². The molecule has 0 unspecified atom stereocenters. The van der Waals surface area contributed by atoms with E-state index in [1.807, 2.05) is 46.5 Å². The zero-order valence-corrected chi connectivity index (χ0v) is 13.4. The average molecular weight is 323 g/mol. The fourth-order valence-electron chi connectivity index (χ4n) is 2.15. The molecule has 3 rings (SSSR count). The van der Waals surface area contributed by atoms with Crippen LogP contribution in [0.4, 0.5) is 0 Å². The number of aromatic nitrogens is 2. The van der Waals surface area contributed by atoms with E-state index in [1.165, 1.54) is 5.56 Å². The van der Waals surface area contributed by atoms with E-state index in [1.54, 1.807) is 29.9 Å². The molecule has 0 saturated heterocycles. The van der Waals surface area contributed by atoms with Crippen LogP contribution in [0.1, 0.15) is 16.0 Å². The van der Waals surface area contributed by atoms with Gasteiger partial charge >= 0.3 is 0 Å². The number of nitrogens with zero attached hydrogens (tertiary/aromatic N) is 2. The summed E-state index contributed by atoms with van der Waals surface area (Å²) in [5, 5.41) is 4.88. The maximum Gasteiger partial charge on any atom is 0.244 e. The van der Waals surface area contributed by atoms with Crippen molar-refractivity contribution >= 4 is 23.3 Å². The fraction of sp³-hybridized carbons (Fsp3) is 0.111. The smallest absolute Gasteiger partial charge is 0.244 e. The molecule has 1 aromatic carbocycles. The summed E-state index contributed by atoms with van der Waals surface area (Å²) in [4.78, 5) is 16.9. The maximum absolute atomic E-state index is 11.8. The lowest BCUT2D eigenvalue weighted by molar-refractivity contribution is -0.116. The zero-order chi connectivity index (χ0) is 15.9. The summed E-state index contributed by atoms with van der Waals surface area (Å²) in [7, 11) is 0. The minimum absolute atomic E-state index is 0.0825. The second kappa shape index (κ2) is 7.56. The normalized spacial score (nSPS) is 11.0. The Kier molecular flexibility index (Phi) is 5.01. The van der Waals surface area contributed by atoms with Gasteiger partial charge in [0.15, 0.2) is 0 Å². The summed E-state index contributed by atoms with van der Waals surface area (Å²) in [5.74, 6) is -0.0825. The molecule has 0 aliphatic heterocycles. The summed E-state index contributed by atoms with van der Waals surface area (Å²) < 4.78 is 2.02. The third-order valence-electron chi connectivity index (χ3n) is 3.36. The third-order valence-corrected chi connectivity index (χ3v) is 4.19. The van der Waals surface area contributed by atoms with E-state index in [2.05, 4.69) is 22.4 Å². The third kappa shape index (κ3) is 4.66. The Hall–Kier alpha value is -2.66. The molecule has 2 heterocycles. The van der Waals surface area contributed by atoms with Gasteiger partial charge in [-0.3, -0.25) is 4.79 Å². The molecule has 5 heteroatoms. The van der Waals surface area contributed by atoms with Crippen LogP contribution in [-0.4, -0.2) is 15.5 Å². The van der Waals surface area contributed by atoms with Crippen molar-refractivity contribution in [1.29, 1.82) is 0 Å². The monoisotopic (exact) mass is 323 g/mol. The molecule has 4 nitrogen and oxygen atoms in total. The molecule has 23 heavy (non-hydrogen) atoms. The lowest BCUT2D eigenvalue weighted by atomic mass is 10.1. The molecule has 0 fully saturated rings. The predicted octanol–water partition coefficient (Wildman–Crippen LogP) is 3.32. The van der Waals surface area contributed by atoms with Gasteiger partial charge in [-0.15, -0.1) is 11.3 Å². The van der Waals surface area contributed by atoms with Crippen molar-refractivity contribution < 1.29 is 4.79 Å². The van der Waals surface area contributed by atoms with Crippen LogP contribution in [0.15, 0.2) is 66.6 Å². The molecule has 0 spiro atoms. The number of rotatable bonds is 6. The van der Waals surface area contributed by atoms with Gasteiger partial charge in [0.2, 0.25) is 5.91 Å². The van der Waals surface area contributed by atoms with Crippen molar-refractivity contribution in [1.82, 2.24) is 14.9 Å². The van der Waals surface area contributed by atoms with Gasteiger partial charge in [0.05, 0.1) is 6.33 Å². The Morgan fingerprint density at radius 1 is 1.22 bits per heavy atom. The summed E-state index contributed by atoms with van der Waals surface area (Å²) in [6, 6.07) is 12.2. The topological polar surface area (TPSA) is 46.9 Å². The molecule has 3 aromatic rings. The first-order chi connectivity index (χ1) is 11.3. The number of carbonyl (C=O) groups excluding carboxylic acids is 1. The zero-order valence-electron chi connectivity index (χ0n) is 12.6. The molecule has 1 N–H and O–H groups in total. The highest BCUT2D eigenvalue weighted by Gasteiger charge is 1.99. The standard InChI is InChI=1S/C18H17N3OS/c22-18(8-7-17-2-1-11-23-17)20-12-15-3-5-16(6-4-15)13-21-10-9-19-14-21/h1-11,14H,12-13H2,(H,20,22)/b8-7+. The van der Waals surface area contributed by atoms with Crippen LogP contribution in [0.5, 0.6) is 0 Å². The summed E-state index contributed by atoms with van der Waals surface area (Å²) in [5.41, 5.74) is 2.29. The second-order valence-electron chi connectivity index (χ2n) is 5.12. The number of carbonyl (C=O) groups is 1. The largest absolute Gasteiger partial charge is 0.348 e. The Bertz CT molecular complexity index is 759. The van der Waals surface area contributed by atoms with E-state index in [4.69, 9.17) is 0 Å². The SMILES string of the molecule is O=C(/C=C/c1cccs1)NCc1ccc(Cn2ccnc2)cc1. The van der Waals surface area contributed by atoms with Crippen LogP contribution < -0.4 is 5.32 Å². The molecule has 0 radical (unpaired) electrons. The summed E-state index contributed by atoms with van der Waals surface area (Å²) in [6.45, 7) is 1.33. The van der Waals surface area contributed by atoms with Crippen molar-refractivity contribution in [2.24, 2.45) is 0 Å². The molecular weight excluding hydrogens is 306 g/mol. The number of benzene rings is 1. The van der Waals surface area contributed by atoms with Crippen LogP contribution in [0.25, 0.3) is 6.08 Å². The van der Waals surface area contributed by atoms with Crippen molar-refractivity contribution in [3.05, 3.63) is 82.6 Å². The van der Waals surface area contributed by atoms with E-state index < -0.39 is 0 Å². The van der Waals surface area contributed by atoms with Gasteiger partial charge in [-0.05, 0) is 28.6 Å². The van der Waals surface area contributed by atoms with E-state index in [-0.39, 0.29) is 5.91 Å². The van der Waals surface area contributed by atoms with Gasteiger partial charge in [0.1, 0.15) is 0 Å². The number of imidazole rings is 1. The van der Waals surface area contributed by atoms with Crippen molar-refractivity contribution in [2.45, 2.75) is 13.1 Å². The lowest BCUT2D eigenvalue weighted by Gasteiger charge is -2.06. The Morgan fingerprint density at radius 2 is 2.04 bits per heavy atom. The minimum Gasteiger partial charge on any atom is -0.348 e. The second-order valence-corrected chi connectivity index (χ2v) is 6.10. The highest BCUT2D eigenvalue weighted by Crippen LogP contribution is 2.10. The van der Waals surface area contributed by atoms with E-state index in [9.17, 15) is 4.79 Å². The first kappa shape index (κ1) is 15.2. The van der Waals surface area contributed by atoms with Crippen molar-refractivity contribution in [3.8, 4) is 0 Å². The molecular formula is C18H17N3OS.